The van der Waals surface area contributed by atoms with Gasteiger partial charge in [0.15, 0.2) is 0 Å². The third-order valence-electron chi connectivity index (χ3n) is 1.59. The number of para-hydroxylation sites is 1. The summed E-state index contributed by atoms with van der Waals surface area (Å²) in [4.78, 5) is 4.08. The van der Waals surface area contributed by atoms with E-state index in [-0.39, 0.29) is 20.1 Å². The van der Waals surface area contributed by atoms with Crippen LogP contribution in [0.3, 0.4) is 0 Å². The average molecular weight is 301 g/mol. The van der Waals surface area contributed by atoms with Crippen molar-refractivity contribution in [3.8, 4) is 5.75 Å². The number of phenols is 1. The summed E-state index contributed by atoms with van der Waals surface area (Å²) >= 11 is -0.368. The Bertz CT molecular complexity index is 311. The van der Waals surface area contributed by atoms with Gasteiger partial charge < -0.3 is 9.84 Å². The zero-order chi connectivity index (χ0) is 12.2. The summed E-state index contributed by atoms with van der Waals surface area (Å²) in [6, 6.07) is 7.09. The van der Waals surface area contributed by atoms with Crippen LogP contribution in [0, 0.1) is 0 Å². The molecule has 0 radical (unpaired) electrons. The van der Waals surface area contributed by atoms with E-state index in [0.717, 1.165) is 5.56 Å². The zero-order valence-electron chi connectivity index (χ0n) is 8.81. The number of aromatic hydroxyl groups is 1. The Hall–Kier alpha value is -0.186. The van der Waals surface area contributed by atoms with Gasteiger partial charge in [-0.05, 0) is 12.1 Å². The number of benzene rings is 1. The van der Waals surface area contributed by atoms with Gasteiger partial charge in [-0.2, -0.15) is 0 Å². The molecule has 0 heterocycles. The molecule has 0 fully saturated rings. The summed E-state index contributed by atoms with van der Waals surface area (Å²) in [5.41, 5.74) is 0.735. The van der Waals surface area contributed by atoms with Crippen LogP contribution in [0.4, 0.5) is 0 Å². The van der Waals surface area contributed by atoms with Gasteiger partial charge in [0, 0.05) is 18.9 Å². The second-order valence-electron chi connectivity index (χ2n) is 2.65. The normalized spacial score (nSPS) is 9.69. The molecular weight excluding hydrogens is 288 g/mol. The van der Waals surface area contributed by atoms with Crippen molar-refractivity contribution >= 4 is 25.9 Å². The first-order chi connectivity index (χ1) is 7.76. The molecule has 1 N–H and O–H groups in total. The maximum absolute atomic E-state index is 9.34. The molecule has 3 nitrogen and oxygen atoms in total. The first kappa shape index (κ1) is 15.8. The molecule has 0 aromatic heterocycles. The van der Waals surface area contributed by atoms with Crippen molar-refractivity contribution in [2.75, 3.05) is 20.3 Å². The second-order valence-corrected chi connectivity index (χ2v) is 4.96. The first-order valence-corrected chi connectivity index (χ1v) is 8.29. The van der Waals surface area contributed by atoms with Gasteiger partial charge >= 0.3 is 34.1 Å². The van der Waals surface area contributed by atoms with Crippen molar-refractivity contribution in [1.82, 2.24) is 0 Å². The molecule has 0 aliphatic rings. The van der Waals surface area contributed by atoms with Gasteiger partial charge in [0.25, 0.3) is 0 Å². The molecule has 0 saturated carbocycles. The Labute approximate surface area is 111 Å². The summed E-state index contributed by atoms with van der Waals surface area (Å²) in [6.07, 6.45) is 1.65. The molecule has 0 amide bonds. The van der Waals surface area contributed by atoms with Crippen molar-refractivity contribution in [2.45, 2.75) is 0 Å². The molecule has 0 saturated heterocycles. The number of hydrogen-bond donors (Lipinski definition) is 1. The van der Waals surface area contributed by atoms with Gasteiger partial charge in [0.05, 0.1) is 13.2 Å². The minimum absolute atomic E-state index is 0.253. The van der Waals surface area contributed by atoms with Crippen molar-refractivity contribution in [3.63, 3.8) is 0 Å². The van der Waals surface area contributed by atoms with E-state index in [1.54, 1.807) is 25.5 Å². The minimum atomic E-state index is -0.368. The van der Waals surface area contributed by atoms with Crippen LogP contribution in [0.2, 0.25) is 0 Å². The maximum atomic E-state index is 9.34. The van der Waals surface area contributed by atoms with Crippen LogP contribution in [0.25, 0.3) is 0 Å². The van der Waals surface area contributed by atoms with Crippen molar-refractivity contribution in [2.24, 2.45) is 4.99 Å². The quantitative estimate of drug-likeness (QED) is 0.686. The van der Waals surface area contributed by atoms with E-state index < -0.39 is 0 Å². The Kier molecular flexibility index (Phi) is 11.2. The van der Waals surface area contributed by atoms with Gasteiger partial charge in [-0.3, -0.25) is 4.99 Å². The number of phenolic OH excluding ortho intramolecular Hbond substituents is 1. The van der Waals surface area contributed by atoms with E-state index >= 15 is 0 Å². The fraction of sp³-hybridized carbons (Fsp3) is 0.300. The molecule has 0 aliphatic heterocycles. The molecule has 0 unspecified atom stereocenters. The van der Waals surface area contributed by atoms with Gasteiger partial charge in [-0.1, -0.05) is 12.1 Å². The Morgan fingerprint density at radius 1 is 1.44 bits per heavy atom. The van der Waals surface area contributed by atoms with E-state index in [0.29, 0.717) is 13.2 Å². The summed E-state index contributed by atoms with van der Waals surface area (Å²) in [5.74, 6) is 0.253. The Balaban J connectivity index is 0.000000673. The predicted octanol–water partition coefficient (Wildman–Crippen LogP) is 2.83. The van der Waals surface area contributed by atoms with Crippen LogP contribution in [-0.2, 0) is 19.1 Å². The van der Waals surface area contributed by atoms with Crippen molar-refractivity contribution in [3.05, 3.63) is 29.8 Å². The molecule has 0 bridgehead atoms. The number of hydrogen-bond acceptors (Lipinski definition) is 3. The molecule has 0 aliphatic carbocycles. The third kappa shape index (κ3) is 8.02. The SMILES string of the molecule is COCCN=Cc1ccccc1O.[Cl][V][Cl]. The van der Waals surface area contributed by atoms with E-state index in [4.69, 9.17) is 24.4 Å². The molecular formula is C10H13Cl2NO2V. The number of rotatable bonds is 4. The number of ether oxygens (including phenoxy) is 1. The number of aliphatic imine (C=N–C) groups is 1. The van der Waals surface area contributed by atoms with Crippen LogP contribution in [0.15, 0.2) is 29.3 Å². The van der Waals surface area contributed by atoms with Gasteiger partial charge in [-0.15, -0.1) is 0 Å². The summed E-state index contributed by atoms with van der Waals surface area (Å²) in [6.45, 7) is 1.22. The summed E-state index contributed by atoms with van der Waals surface area (Å²) in [5, 5.41) is 9.34. The second kappa shape index (κ2) is 11.3. The number of halogens is 2. The first-order valence-electron chi connectivity index (χ1n) is 4.45. The molecule has 0 spiro atoms. The molecule has 0 atom stereocenters. The van der Waals surface area contributed by atoms with Crippen LogP contribution >= 0.6 is 19.7 Å². The van der Waals surface area contributed by atoms with Crippen LogP contribution in [0.1, 0.15) is 5.56 Å². The van der Waals surface area contributed by atoms with E-state index in [2.05, 4.69) is 4.99 Å². The Morgan fingerprint density at radius 2 is 2.06 bits per heavy atom. The average Bonchev–Trinajstić information content (AvgIpc) is 2.28. The summed E-state index contributed by atoms with van der Waals surface area (Å²) in [7, 11) is 11.3. The predicted molar refractivity (Wildman–Crippen MR) is 64.1 cm³/mol. The fourth-order valence-corrected chi connectivity index (χ4v) is 0.904. The zero-order valence-corrected chi connectivity index (χ0v) is 11.7. The van der Waals surface area contributed by atoms with Gasteiger partial charge in [0.1, 0.15) is 5.75 Å². The van der Waals surface area contributed by atoms with Crippen molar-refractivity contribution in [1.29, 1.82) is 0 Å². The van der Waals surface area contributed by atoms with Crippen LogP contribution < -0.4 is 0 Å². The fourth-order valence-electron chi connectivity index (χ4n) is 0.904. The molecule has 1 aromatic rings. The third-order valence-corrected chi connectivity index (χ3v) is 1.59. The standard InChI is InChI=1S/C10H13NO2.2ClH.V/c1-13-7-6-11-8-9-4-2-3-5-10(9)12;;;/h2-5,8,12H,6-7H2,1H3;2*1H;/q;;;+2/p-2. The van der Waals surface area contributed by atoms with E-state index in [1.807, 2.05) is 12.1 Å². The summed E-state index contributed by atoms with van der Waals surface area (Å²) < 4.78 is 4.83. The monoisotopic (exact) mass is 300 g/mol. The Morgan fingerprint density at radius 3 is 2.62 bits per heavy atom. The number of nitrogens with zero attached hydrogens (tertiary/aromatic N) is 1. The van der Waals surface area contributed by atoms with Gasteiger partial charge in [0.2, 0.25) is 0 Å². The van der Waals surface area contributed by atoms with Crippen molar-refractivity contribution < 1.29 is 24.2 Å². The number of methoxy groups -OCH3 is 1. The molecule has 89 valence electrons. The van der Waals surface area contributed by atoms with Crippen LogP contribution in [0.5, 0.6) is 5.75 Å². The molecule has 16 heavy (non-hydrogen) atoms. The molecule has 6 heteroatoms. The van der Waals surface area contributed by atoms with Crippen LogP contribution in [-0.4, -0.2) is 31.6 Å². The topological polar surface area (TPSA) is 41.8 Å². The molecule has 1 aromatic carbocycles. The van der Waals surface area contributed by atoms with E-state index in [1.165, 1.54) is 0 Å². The van der Waals surface area contributed by atoms with E-state index in [9.17, 15) is 5.11 Å². The van der Waals surface area contributed by atoms with Gasteiger partial charge in [-0.25, -0.2) is 0 Å². The molecule has 1 rings (SSSR count).